The van der Waals surface area contributed by atoms with Crippen molar-refractivity contribution < 1.29 is 5.21 Å². The van der Waals surface area contributed by atoms with Crippen LogP contribution in [0.5, 0.6) is 0 Å². The van der Waals surface area contributed by atoms with Crippen LogP contribution in [0.25, 0.3) is 0 Å². The van der Waals surface area contributed by atoms with Gasteiger partial charge in [-0.25, -0.2) is 0 Å². The number of hydrogen-bond donors (Lipinski definition) is 1. The summed E-state index contributed by atoms with van der Waals surface area (Å²) in [6.07, 6.45) is 1.73. The predicted molar refractivity (Wildman–Crippen MR) is 59.4 cm³/mol. The zero-order valence-corrected chi connectivity index (χ0v) is 9.43. The summed E-state index contributed by atoms with van der Waals surface area (Å²) in [7, 11) is 0. The molecule has 76 valence electrons. The Kier molecular flexibility index (Phi) is 3.95. The number of rotatable bonds is 3. The van der Waals surface area contributed by atoms with E-state index in [0.29, 0.717) is 5.71 Å². The van der Waals surface area contributed by atoms with E-state index in [1.54, 1.807) is 24.9 Å². The summed E-state index contributed by atoms with van der Waals surface area (Å²) in [6, 6.07) is 2.01. The van der Waals surface area contributed by atoms with Gasteiger partial charge in [-0.15, -0.1) is 11.8 Å². The minimum absolute atomic E-state index is 0.593. The monoisotopic (exact) mass is 210 g/mol. The van der Waals surface area contributed by atoms with Gasteiger partial charge in [-0.2, -0.15) is 0 Å². The first-order chi connectivity index (χ1) is 6.69. The number of aryl methyl sites for hydroxylation is 1. The first kappa shape index (κ1) is 11.0. The molecule has 1 aromatic rings. The van der Waals surface area contributed by atoms with Crippen molar-refractivity contribution in [1.29, 1.82) is 0 Å². The molecule has 0 aliphatic rings. The molecule has 1 heterocycles. The Morgan fingerprint density at radius 3 is 2.93 bits per heavy atom. The minimum atomic E-state index is 0.593. The van der Waals surface area contributed by atoms with Crippen molar-refractivity contribution in [1.82, 2.24) is 4.98 Å². The first-order valence-corrected chi connectivity index (χ1v) is 5.46. The molecule has 14 heavy (non-hydrogen) atoms. The molecular formula is C10H14N2OS. The van der Waals surface area contributed by atoms with Crippen LogP contribution in [0.3, 0.4) is 0 Å². The normalized spacial score (nSPS) is 11.8. The Balaban J connectivity index is 3.06. The average molecular weight is 210 g/mol. The topological polar surface area (TPSA) is 45.5 Å². The van der Waals surface area contributed by atoms with Gasteiger partial charge in [-0.05, 0) is 25.7 Å². The zero-order chi connectivity index (χ0) is 10.6. The maximum atomic E-state index is 8.63. The molecule has 1 rings (SSSR count). The molecule has 0 unspecified atom stereocenters. The molecule has 1 aromatic heterocycles. The number of aromatic nitrogens is 1. The van der Waals surface area contributed by atoms with E-state index in [9.17, 15) is 0 Å². The van der Waals surface area contributed by atoms with Crippen LogP contribution in [0, 0.1) is 6.92 Å². The van der Waals surface area contributed by atoms with Crippen LogP contribution >= 0.6 is 11.8 Å². The summed E-state index contributed by atoms with van der Waals surface area (Å²) in [4.78, 5) is 5.40. The van der Waals surface area contributed by atoms with Crippen LogP contribution in [0.4, 0.5) is 0 Å². The summed E-state index contributed by atoms with van der Waals surface area (Å²) in [5.41, 5.74) is 2.48. The highest BCUT2D eigenvalue weighted by Gasteiger charge is 2.04. The smallest absolute Gasteiger partial charge is 0.0852 e. The lowest BCUT2D eigenvalue weighted by Crippen LogP contribution is -1.97. The molecule has 0 atom stereocenters. The summed E-state index contributed by atoms with van der Waals surface area (Å²) in [5.74, 6) is 1.02. The molecule has 0 aliphatic carbocycles. The van der Waals surface area contributed by atoms with Crippen molar-refractivity contribution in [2.24, 2.45) is 5.16 Å². The van der Waals surface area contributed by atoms with E-state index in [4.69, 9.17) is 5.21 Å². The Labute approximate surface area is 88.2 Å². The molecule has 0 saturated carbocycles. The Morgan fingerprint density at radius 2 is 2.36 bits per heavy atom. The van der Waals surface area contributed by atoms with Crippen molar-refractivity contribution in [2.75, 3.05) is 5.75 Å². The highest BCUT2D eigenvalue weighted by Crippen LogP contribution is 2.21. The van der Waals surface area contributed by atoms with Crippen molar-refractivity contribution >= 4 is 17.5 Å². The largest absolute Gasteiger partial charge is 0.411 e. The Morgan fingerprint density at radius 1 is 1.64 bits per heavy atom. The Bertz CT molecular complexity index is 350. The standard InChI is InChI=1S/C10H14N2OS/c1-4-14-10-5-9(7(2)12-13)6-11-8(10)3/h5-6,13H,4H2,1-3H3/b12-7+. The van der Waals surface area contributed by atoms with E-state index in [1.165, 1.54) is 0 Å². The summed E-state index contributed by atoms with van der Waals surface area (Å²) >= 11 is 1.74. The molecule has 3 nitrogen and oxygen atoms in total. The van der Waals surface area contributed by atoms with Crippen molar-refractivity contribution in [3.8, 4) is 0 Å². The third-order valence-corrected chi connectivity index (χ3v) is 2.92. The van der Waals surface area contributed by atoms with Crippen LogP contribution in [-0.2, 0) is 0 Å². The second kappa shape index (κ2) is 5.00. The lowest BCUT2D eigenvalue weighted by molar-refractivity contribution is 0.319. The van der Waals surface area contributed by atoms with Crippen LogP contribution in [0.2, 0.25) is 0 Å². The zero-order valence-electron chi connectivity index (χ0n) is 8.61. The van der Waals surface area contributed by atoms with Crippen LogP contribution in [0.15, 0.2) is 22.3 Å². The predicted octanol–water partition coefficient (Wildman–Crippen LogP) is 2.70. The number of nitrogens with zero attached hydrogens (tertiary/aromatic N) is 2. The molecule has 0 radical (unpaired) electrons. The fourth-order valence-electron chi connectivity index (χ4n) is 1.07. The molecule has 0 bridgehead atoms. The third kappa shape index (κ3) is 2.48. The fraction of sp³-hybridized carbons (Fsp3) is 0.400. The van der Waals surface area contributed by atoms with E-state index in [-0.39, 0.29) is 0 Å². The summed E-state index contributed by atoms with van der Waals surface area (Å²) in [5, 5.41) is 11.8. The molecule has 0 aromatic carbocycles. The number of pyridine rings is 1. The summed E-state index contributed by atoms with van der Waals surface area (Å²) in [6.45, 7) is 5.84. The van der Waals surface area contributed by atoms with Gasteiger partial charge in [0.2, 0.25) is 0 Å². The molecular weight excluding hydrogens is 196 g/mol. The molecule has 0 amide bonds. The molecule has 0 saturated heterocycles. The molecule has 4 heteroatoms. The number of hydrogen-bond acceptors (Lipinski definition) is 4. The van der Waals surface area contributed by atoms with Gasteiger partial charge < -0.3 is 5.21 Å². The highest BCUT2D eigenvalue weighted by atomic mass is 32.2. The SMILES string of the molecule is CCSc1cc(/C(C)=N/O)cnc1C. The van der Waals surface area contributed by atoms with Crippen LogP contribution < -0.4 is 0 Å². The second-order valence-corrected chi connectivity index (χ2v) is 4.23. The van der Waals surface area contributed by atoms with Gasteiger partial charge in [-0.1, -0.05) is 12.1 Å². The first-order valence-electron chi connectivity index (χ1n) is 4.47. The summed E-state index contributed by atoms with van der Waals surface area (Å²) < 4.78 is 0. The van der Waals surface area contributed by atoms with E-state index >= 15 is 0 Å². The average Bonchev–Trinajstić information content (AvgIpc) is 2.20. The lowest BCUT2D eigenvalue weighted by Gasteiger charge is -2.05. The van der Waals surface area contributed by atoms with Gasteiger partial charge in [-0.3, -0.25) is 4.98 Å². The minimum Gasteiger partial charge on any atom is -0.411 e. The number of oxime groups is 1. The van der Waals surface area contributed by atoms with E-state index < -0.39 is 0 Å². The van der Waals surface area contributed by atoms with Gasteiger partial charge in [0.15, 0.2) is 0 Å². The lowest BCUT2D eigenvalue weighted by atomic mass is 10.2. The molecule has 0 aliphatic heterocycles. The van der Waals surface area contributed by atoms with Crippen LogP contribution in [0.1, 0.15) is 25.1 Å². The molecule has 1 N–H and O–H groups in total. The van der Waals surface area contributed by atoms with Crippen molar-refractivity contribution in [2.45, 2.75) is 25.7 Å². The Hall–Kier alpha value is -1.03. The maximum Gasteiger partial charge on any atom is 0.0852 e. The van der Waals surface area contributed by atoms with Crippen LogP contribution in [-0.4, -0.2) is 21.7 Å². The van der Waals surface area contributed by atoms with E-state index in [0.717, 1.165) is 21.9 Å². The molecule has 0 fully saturated rings. The van der Waals surface area contributed by atoms with Crippen molar-refractivity contribution in [3.05, 3.63) is 23.5 Å². The van der Waals surface area contributed by atoms with Gasteiger partial charge >= 0.3 is 0 Å². The van der Waals surface area contributed by atoms with Gasteiger partial charge in [0.05, 0.1) is 11.4 Å². The maximum absolute atomic E-state index is 8.63. The number of thioether (sulfide) groups is 1. The van der Waals surface area contributed by atoms with Gasteiger partial charge in [0.25, 0.3) is 0 Å². The molecule has 0 spiro atoms. The van der Waals surface area contributed by atoms with Gasteiger partial charge in [0, 0.05) is 16.7 Å². The fourth-order valence-corrected chi connectivity index (χ4v) is 1.85. The third-order valence-electron chi connectivity index (χ3n) is 1.91. The second-order valence-electron chi connectivity index (χ2n) is 2.93. The quantitative estimate of drug-likeness (QED) is 0.361. The van der Waals surface area contributed by atoms with Gasteiger partial charge in [0.1, 0.15) is 0 Å². The highest BCUT2D eigenvalue weighted by molar-refractivity contribution is 7.99. The van der Waals surface area contributed by atoms with Crippen molar-refractivity contribution in [3.63, 3.8) is 0 Å². The van der Waals surface area contributed by atoms with E-state index in [1.807, 2.05) is 13.0 Å². The van der Waals surface area contributed by atoms with E-state index in [2.05, 4.69) is 17.1 Å².